The SMILES string of the molecule is CCOCC1(C#N)C(c2ccc(C(=O)C(C)(C)NC(=O)c3c(F)cccc3F)cc2)C1(C)C. The normalized spacial score (nSPS) is 21.2. The number of carbonyl (C=O) groups excluding carboxylic acids is 2. The van der Waals surface area contributed by atoms with Gasteiger partial charge in [0.25, 0.3) is 5.91 Å². The number of rotatable bonds is 8. The summed E-state index contributed by atoms with van der Waals surface area (Å²) >= 11 is 0. The highest BCUT2D eigenvalue weighted by molar-refractivity contribution is 6.06. The molecule has 1 amide bonds. The molecule has 2 aromatic rings. The van der Waals surface area contributed by atoms with Crippen LogP contribution in [0.3, 0.4) is 0 Å². The fraction of sp³-hybridized carbons (Fsp3) is 0.423. The Morgan fingerprint density at radius 3 is 2.21 bits per heavy atom. The highest BCUT2D eigenvalue weighted by Crippen LogP contribution is 2.73. The van der Waals surface area contributed by atoms with Gasteiger partial charge in [-0.25, -0.2) is 8.78 Å². The van der Waals surface area contributed by atoms with Gasteiger partial charge in [0, 0.05) is 18.1 Å². The van der Waals surface area contributed by atoms with Crippen LogP contribution in [0, 0.1) is 33.8 Å². The zero-order chi connectivity index (χ0) is 24.6. The molecule has 2 atom stereocenters. The van der Waals surface area contributed by atoms with Crippen molar-refractivity contribution in [3.8, 4) is 6.07 Å². The Kier molecular flexibility index (Phi) is 6.45. The molecule has 0 spiro atoms. The molecule has 0 saturated heterocycles. The number of carbonyl (C=O) groups is 2. The number of benzene rings is 2. The number of nitriles is 1. The van der Waals surface area contributed by atoms with Crippen LogP contribution >= 0.6 is 0 Å². The summed E-state index contributed by atoms with van der Waals surface area (Å²) in [5, 5.41) is 12.3. The molecule has 33 heavy (non-hydrogen) atoms. The Morgan fingerprint density at radius 2 is 1.70 bits per heavy atom. The van der Waals surface area contributed by atoms with Gasteiger partial charge in [-0.15, -0.1) is 0 Å². The Morgan fingerprint density at radius 1 is 1.12 bits per heavy atom. The first-order valence-corrected chi connectivity index (χ1v) is 10.8. The fourth-order valence-corrected chi connectivity index (χ4v) is 4.63. The van der Waals surface area contributed by atoms with E-state index >= 15 is 0 Å². The maximum Gasteiger partial charge on any atom is 0.258 e. The van der Waals surface area contributed by atoms with Gasteiger partial charge in [-0.2, -0.15) is 5.26 Å². The molecule has 7 heteroatoms. The third-order valence-electron chi connectivity index (χ3n) is 6.70. The van der Waals surface area contributed by atoms with Crippen LogP contribution in [-0.2, 0) is 4.74 Å². The van der Waals surface area contributed by atoms with E-state index in [1.165, 1.54) is 13.8 Å². The standard InChI is InChI=1S/C26H28F2N2O3/c1-6-33-15-26(14-29)21(24(26,2)3)16-10-12-17(13-11-16)22(31)25(4,5)30-23(32)20-18(27)8-7-9-19(20)28/h7-13,21H,6,15H2,1-5H3,(H,30,32). The summed E-state index contributed by atoms with van der Waals surface area (Å²) in [6.07, 6.45) is 0. The molecule has 0 aliphatic heterocycles. The van der Waals surface area contributed by atoms with Crippen molar-refractivity contribution in [1.29, 1.82) is 5.26 Å². The third kappa shape index (κ3) is 4.16. The van der Waals surface area contributed by atoms with Gasteiger partial charge in [0.1, 0.15) is 17.2 Å². The Hall–Kier alpha value is -3.11. The largest absolute Gasteiger partial charge is 0.380 e. The number of nitrogens with one attached hydrogen (secondary N) is 1. The van der Waals surface area contributed by atoms with Crippen LogP contribution in [0.25, 0.3) is 0 Å². The molecule has 2 aromatic carbocycles. The average Bonchev–Trinajstić information content (AvgIpc) is 3.25. The van der Waals surface area contributed by atoms with Crippen molar-refractivity contribution in [3.05, 3.63) is 70.8 Å². The Balaban J connectivity index is 1.79. The summed E-state index contributed by atoms with van der Waals surface area (Å²) in [6.45, 7) is 9.76. The minimum atomic E-state index is -1.41. The van der Waals surface area contributed by atoms with Gasteiger partial charge < -0.3 is 10.1 Å². The Bertz CT molecular complexity index is 1100. The molecule has 0 heterocycles. The van der Waals surface area contributed by atoms with Gasteiger partial charge in [0.15, 0.2) is 5.78 Å². The molecule has 5 nitrogen and oxygen atoms in total. The van der Waals surface area contributed by atoms with Crippen LogP contribution in [0.2, 0.25) is 0 Å². The number of hydrogen-bond donors (Lipinski definition) is 1. The topological polar surface area (TPSA) is 79.2 Å². The lowest BCUT2D eigenvalue weighted by atomic mass is 9.91. The van der Waals surface area contributed by atoms with Crippen molar-refractivity contribution in [2.45, 2.75) is 46.1 Å². The average molecular weight is 455 g/mol. The van der Waals surface area contributed by atoms with Crippen molar-refractivity contribution in [2.24, 2.45) is 10.8 Å². The Labute approximate surface area is 192 Å². The van der Waals surface area contributed by atoms with Gasteiger partial charge in [-0.1, -0.05) is 44.2 Å². The molecule has 1 aliphatic rings. The number of ether oxygens (including phenoxy) is 1. The molecule has 0 radical (unpaired) electrons. The van der Waals surface area contributed by atoms with Gasteiger partial charge >= 0.3 is 0 Å². The van der Waals surface area contributed by atoms with Gasteiger partial charge in [-0.05, 0) is 43.9 Å². The highest BCUT2D eigenvalue weighted by atomic mass is 19.1. The number of amides is 1. The van der Waals surface area contributed by atoms with Crippen molar-refractivity contribution >= 4 is 11.7 Å². The van der Waals surface area contributed by atoms with E-state index in [0.29, 0.717) is 18.8 Å². The predicted molar refractivity (Wildman–Crippen MR) is 120 cm³/mol. The van der Waals surface area contributed by atoms with Crippen molar-refractivity contribution in [3.63, 3.8) is 0 Å². The van der Waals surface area contributed by atoms with Gasteiger partial charge in [0.2, 0.25) is 0 Å². The molecule has 174 valence electrons. The number of Topliss-reactive ketones (excluding diaryl/α,β-unsaturated/α-hetero) is 1. The fourth-order valence-electron chi connectivity index (χ4n) is 4.63. The van der Waals surface area contributed by atoms with Crippen LogP contribution in [0.1, 0.15) is 66.8 Å². The van der Waals surface area contributed by atoms with Crippen molar-refractivity contribution < 1.29 is 23.1 Å². The first-order chi connectivity index (χ1) is 15.4. The van der Waals surface area contributed by atoms with Crippen molar-refractivity contribution in [1.82, 2.24) is 5.32 Å². The van der Waals surface area contributed by atoms with E-state index in [9.17, 15) is 23.6 Å². The number of nitrogens with zero attached hydrogens (tertiary/aromatic N) is 1. The lowest BCUT2D eigenvalue weighted by molar-refractivity contribution is 0.0793. The lowest BCUT2D eigenvalue weighted by Crippen LogP contribution is -2.50. The summed E-state index contributed by atoms with van der Waals surface area (Å²) in [5.41, 5.74) is -1.79. The molecule has 2 unspecified atom stereocenters. The second-order valence-electron chi connectivity index (χ2n) is 9.50. The highest BCUT2D eigenvalue weighted by Gasteiger charge is 2.72. The predicted octanol–water partition coefficient (Wildman–Crippen LogP) is 5.03. The van der Waals surface area contributed by atoms with E-state index in [2.05, 4.69) is 11.4 Å². The zero-order valence-electron chi connectivity index (χ0n) is 19.5. The van der Waals surface area contributed by atoms with E-state index in [1.54, 1.807) is 24.3 Å². The maximum atomic E-state index is 13.9. The molecule has 1 aliphatic carbocycles. The maximum absolute atomic E-state index is 13.9. The number of halogens is 2. The molecular formula is C26H28F2N2O3. The van der Waals surface area contributed by atoms with E-state index in [1.807, 2.05) is 20.8 Å². The molecule has 0 aromatic heterocycles. The van der Waals surface area contributed by atoms with E-state index in [0.717, 1.165) is 23.8 Å². The summed E-state index contributed by atoms with van der Waals surface area (Å²) in [7, 11) is 0. The third-order valence-corrected chi connectivity index (χ3v) is 6.70. The number of hydrogen-bond acceptors (Lipinski definition) is 4. The molecular weight excluding hydrogens is 426 g/mol. The van der Waals surface area contributed by atoms with Crippen LogP contribution < -0.4 is 5.32 Å². The zero-order valence-corrected chi connectivity index (χ0v) is 19.5. The van der Waals surface area contributed by atoms with Gasteiger partial charge in [-0.3, -0.25) is 9.59 Å². The van der Waals surface area contributed by atoms with Crippen LogP contribution in [0.15, 0.2) is 42.5 Å². The molecule has 3 rings (SSSR count). The summed E-state index contributed by atoms with van der Waals surface area (Å²) in [6, 6.07) is 12.5. The molecule has 1 saturated carbocycles. The minimum absolute atomic E-state index is 0.0394. The quantitative estimate of drug-likeness (QED) is 0.568. The lowest BCUT2D eigenvalue weighted by Gasteiger charge is -2.25. The molecule has 1 fully saturated rings. The first-order valence-electron chi connectivity index (χ1n) is 10.8. The van der Waals surface area contributed by atoms with E-state index in [-0.39, 0.29) is 11.3 Å². The first kappa shape index (κ1) is 24.5. The van der Waals surface area contributed by atoms with E-state index < -0.39 is 39.8 Å². The van der Waals surface area contributed by atoms with Crippen molar-refractivity contribution in [2.75, 3.05) is 13.2 Å². The van der Waals surface area contributed by atoms with Crippen LogP contribution in [0.5, 0.6) is 0 Å². The van der Waals surface area contributed by atoms with Crippen LogP contribution in [-0.4, -0.2) is 30.4 Å². The second-order valence-corrected chi connectivity index (χ2v) is 9.50. The number of ketones is 1. The van der Waals surface area contributed by atoms with Gasteiger partial charge in [0.05, 0.1) is 23.6 Å². The van der Waals surface area contributed by atoms with Crippen LogP contribution in [0.4, 0.5) is 8.78 Å². The van der Waals surface area contributed by atoms with E-state index in [4.69, 9.17) is 4.74 Å². The smallest absolute Gasteiger partial charge is 0.258 e. The summed E-state index contributed by atoms with van der Waals surface area (Å²) < 4.78 is 33.4. The molecule has 1 N–H and O–H groups in total. The minimum Gasteiger partial charge on any atom is -0.380 e. The summed E-state index contributed by atoms with van der Waals surface area (Å²) in [4.78, 5) is 25.5. The summed E-state index contributed by atoms with van der Waals surface area (Å²) in [5.74, 6) is -3.45. The molecule has 0 bridgehead atoms. The second kappa shape index (κ2) is 8.68. The monoisotopic (exact) mass is 454 g/mol.